The molecule has 3 rings (SSSR count). The van der Waals surface area contributed by atoms with Crippen molar-refractivity contribution in [3.05, 3.63) is 54.2 Å². The minimum absolute atomic E-state index is 0.0311. The summed E-state index contributed by atoms with van der Waals surface area (Å²) in [5.74, 6) is -1.58. The van der Waals surface area contributed by atoms with Crippen molar-refractivity contribution in [1.82, 2.24) is 9.71 Å². The van der Waals surface area contributed by atoms with Crippen LogP contribution in [0, 0.1) is 5.82 Å². The maximum absolute atomic E-state index is 13.1. The van der Waals surface area contributed by atoms with Crippen molar-refractivity contribution in [3.63, 3.8) is 0 Å². The van der Waals surface area contributed by atoms with Crippen molar-refractivity contribution in [2.24, 2.45) is 0 Å². The van der Waals surface area contributed by atoms with Gasteiger partial charge in [0.05, 0.1) is 12.7 Å². The Balaban J connectivity index is 1.96. The second-order valence-electron chi connectivity index (χ2n) is 4.74. The van der Waals surface area contributed by atoms with Crippen LogP contribution in [-0.2, 0) is 10.0 Å². The SMILES string of the molecule is COc1ncccc1S(=O)(=O)NC(=O)c1coc2cc(F)ccc12. The first kappa shape index (κ1) is 15.9. The van der Waals surface area contributed by atoms with Crippen LogP contribution in [-0.4, -0.2) is 26.4 Å². The lowest BCUT2D eigenvalue weighted by molar-refractivity contribution is 0.0982. The molecule has 0 unspecified atom stereocenters. The number of halogens is 1. The zero-order valence-electron chi connectivity index (χ0n) is 12.3. The van der Waals surface area contributed by atoms with Crippen LogP contribution >= 0.6 is 0 Å². The van der Waals surface area contributed by atoms with Gasteiger partial charge >= 0.3 is 0 Å². The molecule has 0 saturated heterocycles. The van der Waals surface area contributed by atoms with Gasteiger partial charge in [-0.3, -0.25) is 4.79 Å². The number of sulfonamides is 1. The second-order valence-corrected chi connectivity index (χ2v) is 6.39. The largest absolute Gasteiger partial charge is 0.480 e. The summed E-state index contributed by atoms with van der Waals surface area (Å²) >= 11 is 0. The summed E-state index contributed by atoms with van der Waals surface area (Å²) in [6.45, 7) is 0. The Morgan fingerprint density at radius 1 is 1.33 bits per heavy atom. The van der Waals surface area contributed by atoms with E-state index in [9.17, 15) is 17.6 Å². The number of fused-ring (bicyclic) bond motifs is 1. The van der Waals surface area contributed by atoms with Crippen LogP contribution in [0.4, 0.5) is 4.39 Å². The summed E-state index contributed by atoms with van der Waals surface area (Å²) in [5.41, 5.74) is 0.105. The number of hydrogen-bond donors (Lipinski definition) is 1. The van der Waals surface area contributed by atoms with E-state index in [2.05, 4.69) is 4.98 Å². The average Bonchev–Trinajstić information content (AvgIpc) is 2.97. The van der Waals surface area contributed by atoms with E-state index in [0.717, 1.165) is 18.4 Å². The van der Waals surface area contributed by atoms with Crippen LogP contribution < -0.4 is 9.46 Å². The number of ether oxygens (including phenoxy) is 1. The minimum Gasteiger partial charge on any atom is -0.480 e. The van der Waals surface area contributed by atoms with Crippen LogP contribution in [0.1, 0.15) is 10.4 Å². The molecule has 0 saturated carbocycles. The van der Waals surface area contributed by atoms with Crippen molar-refractivity contribution in [2.75, 3.05) is 7.11 Å². The van der Waals surface area contributed by atoms with Gasteiger partial charge in [0, 0.05) is 17.6 Å². The summed E-state index contributed by atoms with van der Waals surface area (Å²) in [5, 5.41) is 0.294. The zero-order valence-corrected chi connectivity index (χ0v) is 13.1. The molecule has 7 nitrogen and oxygen atoms in total. The Bertz CT molecular complexity index is 1030. The summed E-state index contributed by atoms with van der Waals surface area (Å²) in [6.07, 6.45) is 2.42. The number of carbonyl (C=O) groups excluding carboxylic acids is 1. The third-order valence-corrected chi connectivity index (χ3v) is 4.57. The Labute approximate surface area is 136 Å². The molecule has 124 valence electrons. The fourth-order valence-corrected chi connectivity index (χ4v) is 3.23. The van der Waals surface area contributed by atoms with Gasteiger partial charge in [0.15, 0.2) is 0 Å². The molecular weight excluding hydrogens is 339 g/mol. The smallest absolute Gasteiger partial charge is 0.269 e. The third-order valence-electron chi connectivity index (χ3n) is 3.23. The van der Waals surface area contributed by atoms with E-state index in [0.29, 0.717) is 5.39 Å². The van der Waals surface area contributed by atoms with E-state index in [-0.39, 0.29) is 21.9 Å². The van der Waals surface area contributed by atoms with E-state index in [1.807, 2.05) is 4.72 Å². The van der Waals surface area contributed by atoms with Gasteiger partial charge in [-0.25, -0.2) is 22.5 Å². The number of hydrogen-bond acceptors (Lipinski definition) is 6. The number of aromatic nitrogens is 1. The van der Waals surface area contributed by atoms with E-state index in [1.54, 1.807) is 0 Å². The molecule has 24 heavy (non-hydrogen) atoms. The van der Waals surface area contributed by atoms with Gasteiger partial charge in [0.25, 0.3) is 15.9 Å². The predicted octanol–water partition coefficient (Wildman–Crippen LogP) is 2.09. The van der Waals surface area contributed by atoms with Gasteiger partial charge in [-0.05, 0) is 24.3 Å². The number of furan rings is 1. The molecule has 0 fully saturated rings. The van der Waals surface area contributed by atoms with E-state index in [4.69, 9.17) is 9.15 Å². The Kier molecular flexibility index (Phi) is 3.94. The van der Waals surface area contributed by atoms with Crippen LogP contribution in [0.25, 0.3) is 11.0 Å². The molecule has 2 aromatic heterocycles. The van der Waals surface area contributed by atoms with Gasteiger partial charge in [-0.2, -0.15) is 0 Å². The lowest BCUT2D eigenvalue weighted by atomic mass is 10.2. The molecule has 3 aromatic rings. The molecule has 0 spiro atoms. The molecule has 1 N–H and O–H groups in total. The molecule has 0 atom stereocenters. The molecule has 0 aliphatic heterocycles. The van der Waals surface area contributed by atoms with Gasteiger partial charge < -0.3 is 9.15 Å². The van der Waals surface area contributed by atoms with Crippen LogP contribution in [0.3, 0.4) is 0 Å². The second kappa shape index (κ2) is 5.93. The summed E-state index contributed by atoms with van der Waals surface area (Å²) in [4.78, 5) is 15.8. The number of methoxy groups -OCH3 is 1. The van der Waals surface area contributed by atoms with Crippen LogP contribution in [0.5, 0.6) is 5.88 Å². The molecule has 1 amide bonds. The van der Waals surface area contributed by atoms with Crippen molar-refractivity contribution in [1.29, 1.82) is 0 Å². The standard InChI is InChI=1S/C15H11FN2O5S/c1-22-15-13(3-2-6-17-15)24(20,21)18-14(19)11-8-23-12-7-9(16)4-5-10(11)12/h2-8H,1H3,(H,18,19). The van der Waals surface area contributed by atoms with E-state index >= 15 is 0 Å². The molecule has 0 aliphatic carbocycles. The number of carbonyl (C=O) groups is 1. The highest BCUT2D eigenvalue weighted by Crippen LogP contribution is 2.24. The molecular formula is C15H11FN2O5S. The normalized spacial score (nSPS) is 11.4. The number of rotatable bonds is 4. The van der Waals surface area contributed by atoms with E-state index in [1.165, 1.54) is 31.5 Å². The highest BCUT2D eigenvalue weighted by molar-refractivity contribution is 7.90. The summed E-state index contributed by atoms with van der Waals surface area (Å²) < 4.78 is 49.8. The molecule has 2 heterocycles. The predicted molar refractivity (Wildman–Crippen MR) is 81.6 cm³/mol. The van der Waals surface area contributed by atoms with Crippen molar-refractivity contribution < 1.29 is 26.8 Å². The fraction of sp³-hybridized carbons (Fsp3) is 0.0667. The van der Waals surface area contributed by atoms with Gasteiger partial charge in [0.1, 0.15) is 22.6 Å². The molecule has 0 bridgehead atoms. The Hall–Kier alpha value is -2.94. The minimum atomic E-state index is -4.21. The molecule has 9 heteroatoms. The van der Waals surface area contributed by atoms with Gasteiger partial charge in [-0.15, -0.1) is 0 Å². The lowest BCUT2D eigenvalue weighted by Crippen LogP contribution is -2.30. The number of pyridine rings is 1. The number of nitrogens with one attached hydrogen (secondary N) is 1. The van der Waals surface area contributed by atoms with Crippen molar-refractivity contribution in [3.8, 4) is 5.88 Å². The maximum Gasteiger partial charge on any atom is 0.269 e. The fourth-order valence-electron chi connectivity index (χ4n) is 2.14. The summed E-state index contributed by atoms with van der Waals surface area (Å²) in [7, 11) is -2.94. The Morgan fingerprint density at radius 2 is 2.12 bits per heavy atom. The quantitative estimate of drug-likeness (QED) is 0.774. The molecule has 1 aromatic carbocycles. The topological polar surface area (TPSA) is 98.5 Å². The van der Waals surface area contributed by atoms with E-state index < -0.39 is 21.7 Å². The molecule has 0 aliphatic rings. The van der Waals surface area contributed by atoms with Crippen molar-refractivity contribution >= 4 is 26.9 Å². The van der Waals surface area contributed by atoms with Crippen LogP contribution in [0.15, 0.2) is 52.1 Å². The highest BCUT2D eigenvalue weighted by atomic mass is 32.2. The first-order valence-electron chi connectivity index (χ1n) is 6.65. The van der Waals surface area contributed by atoms with Gasteiger partial charge in [-0.1, -0.05) is 0 Å². The number of amides is 1. The lowest BCUT2D eigenvalue weighted by Gasteiger charge is -2.09. The highest BCUT2D eigenvalue weighted by Gasteiger charge is 2.25. The third kappa shape index (κ3) is 2.81. The number of nitrogens with zero attached hydrogens (tertiary/aromatic N) is 1. The zero-order chi connectivity index (χ0) is 17.3. The average molecular weight is 350 g/mol. The monoisotopic (exact) mass is 350 g/mol. The maximum atomic E-state index is 13.1. The van der Waals surface area contributed by atoms with Crippen molar-refractivity contribution in [2.45, 2.75) is 4.90 Å². The molecule has 0 radical (unpaired) electrons. The first-order chi connectivity index (χ1) is 11.4. The first-order valence-corrected chi connectivity index (χ1v) is 8.13. The number of benzene rings is 1. The van der Waals surface area contributed by atoms with Gasteiger partial charge in [0.2, 0.25) is 5.88 Å². The Morgan fingerprint density at radius 3 is 2.88 bits per heavy atom. The summed E-state index contributed by atoms with van der Waals surface area (Å²) in [6, 6.07) is 6.24. The van der Waals surface area contributed by atoms with Crippen LogP contribution in [0.2, 0.25) is 0 Å².